The van der Waals surface area contributed by atoms with Gasteiger partial charge in [0.1, 0.15) is 17.0 Å². The lowest BCUT2D eigenvalue weighted by atomic mass is 10.2. The van der Waals surface area contributed by atoms with E-state index >= 15 is 0 Å². The molecule has 0 saturated carbocycles. The summed E-state index contributed by atoms with van der Waals surface area (Å²) in [5, 5.41) is 3.99. The first-order chi connectivity index (χ1) is 10.1. The van der Waals surface area contributed by atoms with E-state index in [1.165, 1.54) is 9.08 Å². The number of carbonyl (C=O) groups excluding carboxylic acids is 1. The molecule has 0 atom stereocenters. The number of nitrogens with two attached hydrogens (primary N) is 1. The molecule has 8 heteroatoms. The summed E-state index contributed by atoms with van der Waals surface area (Å²) in [4.78, 5) is 23.8. The molecule has 0 aliphatic heterocycles. The molecular formula is C13H13N5O3. The van der Waals surface area contributed by atoms with Crippen molar-refractivity contribution in [3.63, 3.8) is 0 Å². The van der Waals surface area contributed by atoms with E-state index in [0.29, 0.717) is 22.6 Å². The molecule has 1 amide bonds. The number of fused-ring (bicyclic) bond motifs is 1. The number of nitrogens with one attached hydrogen (secondary N) is 1. The highest BCUT2D eigenvalue weighted by molar-refractivity contribution is 5.94. The number of carbonyl (C=O) groups is 1. The summed E-state index contributed by atoms with van der Waals surface area (Å²) >= 11 is 0. The number of aromatic nitrogens is 3. The van der Waals surface area contributed by atoms with Crippen LogP contribution in [-0.2, 0) is 6.54 Å². The van der Waals surface area contributed by atoms with Gasteiger partial charge in [0, 0.05) is 12.4 Å². The molecule has 3 aromatic rings. The fourth-order valence-electron chi connectivity index (χ4n) is 2.18. The van der Waals surface area contributed by atoms with E-state index in [2.05, 4.69) is 10.5 Å². The van der Waals surface area contributed by atoms with E-state index in [4.69, 9.17) is 10.3 Å². The van der Waals surface area contributed by atoms with E-state index in [0.717, 1.165) is 0 Å². The Morgan fingerprint density at radius 1 is 1.48 bits per heavy atom. The zero-order chi connectivity index (χ0) is 15.0. The van der Waals surface area contributed by atoms with Crippen LogP contribution in [0.25, 0.3) is 5.52 Å². The highest BCUT2D eigenvalue weighted by Crippen LogP contribution is 2.15. The van der Waals surface area contributed by atoms with Gasteiger partial charge < -0.3 is 8.98 Å². The number of nitrogen functional groups attached to an aromatic ring is 1. The van der Waals surface area contributed by atoms with E-state index in [1.807, 2.05) is 0 Å². The first kappa shape index (κ1) is 13.1. The number of hydrogen-bond acceptors (Lipinski definition) is 5. The maximum atomic E-state index is 12.2. The Balaban J connectivity index is 1.97. The van der Waals surface area contributed by atoms with Gasteiger partial charge >= 0.3 is 0 Å². The van der Waals surface area contributed by atoms with E-state index < -0.39 is 5.91 Å². The van der Waals surface area contributed by atoms with Gasteiger partial charge in [-0.05, 0) is 19.1 Å². The van der Waals surface area contributed by atoms with Crippen LogP contribution in [0.2, 0.25) is 0 Å². The van der Waals surface area contributed by atoms with Crippen LogP contribution in [0.5, 0.6) is 0 Å². The van der Waals surface area contributed by atoms with Crippen molar-refractivity contribution >= 4 is 11.4 Å². The second-order valence-electron chi connectivity index (χ2n) is 4.55. The third kappa shape index (κ3) is 2.21. The van der Waals surface area contributed by atoms with E-state index in [9.17, 15) is 9.59 Å². The summed E-state index contributed by atoms with van der Waals surface area (Å²) in [7, 11) is 0. The van der Waals surface area contributed by atoms with Crippen molar-refractivity contribution < 1.29 is 9.21 Å². The van der Waals surface area contributed by atoms with Crippen molar-refractivity contribution in [3.8, 4) is 0 Å². The topological polar surface area (TPSA) is 108 Å². The molecule has 0 aliphatic rings. The lowest BCUT2D eigenvalue weighted by molar-refractivity contribution is 0.0952. The zero-order valence-corrected chi connectivity index (χ0v) is 11.2. The molecular weight excluding hydrogens is 274 g/mol. The van der Waals surface area contributed by atoms with Gasteiger partial charge in [-0.15, -0.1) is 0 Å². The van der Waals surface area contributed by atoms with Crippen molar-refractivity contribution in [3.05, 3.63) is 58.2 Å². The fraction of sp³-hybridized carbons (Fsp3) is 0.154. The average Bonchev–Trinajstić information content (AvgIpc) is 3.08. The Bertz CT molecular complexity index is 873. The standard InChI is InChI=1S/C13H13N5O3/c1-8-10(12(19)16-14)6-9(21-8)7-17-4-5-18-11(13(17)20)2-3-15-18/h2-6H,7,14H2,1H3,(H,16,19). The van der Waals surface area contributed by atoms with Crippen molar-refractivity contribution in [2.24, 2.45) is 5.84 Å². The molecule has 3 rings (SSSR count). The molecule has 8 nitrogen and oxygen atoms in total. The Labute approximate surface area is 118 Å². The molecule has 108 valence electrons. The molecule has 0 aromatic carbocycles. The van der Waals surface area contributed by atoms with Gasteiger partial charge in [-0.25, -0.2) is 10.4 Å². The van der Waals surface area contributed by atoms with Crippen LogP contribution in [0.15, 0.2) is 39.9 Å². The largest absolute Gasteiger partial charge is 0.464 e. The highest BCUT2D eigenvalue weighted by atomic mass is 16.3. The molecule has 0 aliphatic carbocycles. The van der Waals surface area contributed by atoms with Crippen molar-refractivity contribution in [2.45, 2.75) is 13.5 Å². The Kier molecular flexibility index (Phi) is 3.07. The minimum atomic E-state index is -0.430. The van der Waals surface area contributed by atoms with Crippen LogP contribution in [0.4, 0.5) is 0 Å². The number of aryl methyl sites for hydroxylation is 1. The van der Waals surface area contributed by atoms with Gasteiger partial charge in [0.2, 0.25) is 0 Å². The van der Waals surface area contributed by atoms with Crippen LogP contribution in [-0.4, -0.2) is 20.1 Å². The van der Waals surface area contributed by atoms with Crippen LogP contribution < -0.4 is 16.8 Å². The summed E-state index contributed by atoms with van der Waals surface area (Å²) in [6, 6.07) is 3.21. The summed E-state index contributed by atoms with van der Waals surface area (Å²) in [6.07, 6.45) is 4.85. The summed E-state index contributed by atoms with van der Waals surface area (Å²) in [5.41, 5.74) is 2.69. The number of hydrogen-bond donors (Lipinski definition) is 2. The third-order valence-corrected chi connectivity index (χ3v) is 3.21. The molecule has 0 fully saturated rings. The molecule has 3 N–H and O–H groups in total. The molecule has 0 bridgehead atoms. The predicted molar refractivity (Wildman–Crippen MR) is 73.7 cm³/mol. The summed E-state index contributed by atoms with van der Waals surface area (Å²) < 4.78 is 8.48. The monoisotopic (exact) mass is 287 g/mol. The number of amides is 1. The van der Waals surface area contributed by atoms with Gasteiger partial charge in [-0.2, -0.15) is 5.10 Å². The maximum absolute atomic E-state index is 12.2. The van der Waals surface area contributed by atoms with Gasteiger partial charge in [0.05, 0.1) is 18.3 Å². The minimum absolute atomic E-state index is 0.186. The molecule has 3 aromatic heterocycles. The molecule has 0 spiro atoms. The van der Waals surface area contributed by atoms with Crippen LogP contribution in [0.1, 0.15) is 21.9 Å². The van der Waals surface area contributed by atoms with Crippen LogP contribution in [0, 0.1) is 6.92 Å². The van der Waals surface area contributed by atoms with Gasteiger partial charge in [-0.3, -0.25) is 15.0 Å². The lowest BCUT2D eigenvalue weighted by Gasteiger charge is -2.03. The first-order valence-electron chi connectivity index (χ1n) is 6.23. The molecule has 0 radical (unpaired) electrons. The SMILES string of the molecule is Cc1oc(Cn2ccn3nccc3c2=O)cc1C(=O)NN. The fourth-order valence-corrected chi connectivity index (χ4v) is 2.18. The average molecular weight is 287 g/mol. The summed E-state index contributed by atoms with van der Waals surface area (Å²) in [5.74, 6) is 5.62. The van der Waals surface area contributed by atoms with Gasteiger partial charge in [0.25, 0.3) is 11.5 Å². The maximum Gasteiger partial charge on any atom is 0.276 e. The first-order valence-corrected chi connectivity index (χ1v) is 6.23. The number of furan rings is 1. The normalized spacial score (nSPS) is 11.0. The van der Waals surface area contributed by atoms with Crippen molar-refractivity contribution in [1.82, 2.24) is 19.6 Å². The molecule has 0 saturated heterocycles. The van der Waals surface area contributed by atoms with Crippen molar-refractivity contribution in [1.29, 1.82) is 0 Å². The third-order valence-electron chi connectivity index (χ3n) is 3.21. The van der Waals surface area contributed by atoms with Crippen LogP contribution in [0.3, 0.4) is 0 Å². The van der Waals surface area contributed by atoms with E-state index in [-0.39, 0.29) is 12.1 Å². The zero-order valence-electron chi connectivity index (χ0n) is 11.2. The number of nitrogens with zero attached hydrogens (tertiary/aromatic N) is 3. The van der Waals surface area contributed by atoms with Gasteiger partial charge in [-0.1, -0.05) is 0 Å². The Morgan fingerprint density at radius 2 is 2.29 bits per heavy atom. The minimum Gasteiger partial charge on any atom is -0.464 e. The number of rotatable bonds is 3. The molecule has 3 heterocycles. The quantitative estimate of drug-likeness (QED) is 0.402. The van der Waals surface area contributed by atoms with Crippen molar-refractivity contribution in [2.75, 3.05) is 0 Å². The predicted octanol–water partition coefficient (Wildman–Crippen LogP) is 0.0492. The van der Waals surface area contributed by atoms with Crippen LogP contribution >= 0.6 is 0 Å². The lowest BCUT2D eigenvalue weighted by Crippen LogP contribution is -2.30. The molecule has 0 unspecified atom stereocenters. The second-order valence-corrected chi connectivity index (χ2v) is 4.55. The van der Waals surface area contributed by atoms with E-state index in [1.54, 1.807) is 37.6 Å². The van der Waals surface area contributed by atoms with Gasteiger partial charge in [0.15, 0.2) is 0 Å². The summed E-state index contributed by atoms with van der Waals surface area (Å²) in [6.45, 7) is 1.89. The smallest absolute Gasteiger partial charge is 0.276 e. The molecule has 21 heavy (non-hydrogen) atoms. The second kappa shape index (κ2) is 4.91. The highest BCUT2D eigenvalue weighted by Gasteiger charge is 2.14. The Morgan fingerprint density at radius 3 is 3.05 bits per heavy atom. The number of hydrazine groups is 1. The Hall–Kier alpha value is -2.87.